The summed E-state index contributed by atoms with van der Waals surface area (Å²) in [6.07, 6.45) is 37.1. The normalized spacial score (nSPS) is 11.4. The van der Waals surface area contributed by atoms with Gasteiger partial charge in [0, 0.05) is 19.1 Å². The van der Waals surface area contributed by atoms with Crippen LogP contribution in [-0.2, 0) is 0 Å². The van der Waals surface area contributed by atoms with Crippen molar-refractivity contribution in [3.8, 4) is 0 Å². The molecule has 0 aromatic heterocycles. The zero-order valence-corrected chi connectivity index (χ0v) is 25.8. The lowest BCUT2D eigenvalue weighted by Crippen LogP contribution is -2.30. The van der Waals surface area contributed by atoms with E-state index in [4.69, 9.17) is 17.3 Å². The van der Waals surface area contributed by atoms with Crippen molar-refractivity contribution < 1.29 is 5.11 Å². The molecule has 0 bridgehead atoms. The molecule has 2 nitrogen and oxygen atoms in total. The van der Waals surface area contributed by atoms with Gasteiger partial charge in [-0.15, -0.1) is 0 Å². The van der Waals surface area contributed by atoms with E-state index >= 15 is 0 Å². The number of thiocarbonyl (C=S) groups is 1. The van der Waals surface area contributed by atoms with Crippen LogP contribution in [0.1, 0.15) is 187 Å². The van der Waals surface area contributed by atoms with E-state index in [2.05, 4.69) is 19.2 Å². The Kier molecular flexibility index (Phi) is 30.9. The Hall–Kier alpha value is -0.150. The molecule has 216 valence electrons. The molecule has 0 fully saturated rings. The third-order valence-corrected chi connectivity index (χ3v) is 8.29. The maximum absolute atomic E-state index is 9.09. The number of aliphatic hydroxyl groups excluding tert-OH is 1. The van der Waals surface area contributed by atoms with Crippen molar-refractivity contribution in [3.63, 3.8) is 0 Å². The van der Waals surface area contributed by atoms with Crippen LogP contribution in [0.2, 0.25) is 0 Å². The maximum Gasteiger partial charge on any atom is 0.0784 e. The van der Waals surface area contributed by atoms with Gasteiger partial charge in [-0.2, -0.15) is 0 Å². The predicted molar refractivity (Wildman–Crippen MR) is 167 cm³/mol. The average molecular weight is 526 g/mol. The third kappa shape index (κ3) is 26.9. The fourth-order valence-electron chi connectivity index (χ4n) is 5.30. The largest absolute Gasteiger partial charge is 0.396 e. The first-order valence-electron chi connectivity index (χ1n) is 16.6. The molecule has 0 heterocycles. The van der Waals surface area contributed by atoms with Gasteiger partial charge in [0.05, 0.1) is 4.99 Å². The second-order valence-corrected chi connectivity index (χ2v) is 11.9. The van der Waals surface area contributed by atoms with Crippen molar-refractivity contribution in [1.82, 2.24) is 5.32 Å². The molecule has 0 aromatic carbocycles. The molecule has 3 heteroatoms. The summed E-state index contributed by atoms with van der Waals surface area (Å²) < 4.78 is 0. The molecule has 0 spiro atoms. The van der Waals surface area contributed by atoms with E-state index in [0.29, 0.717) is 5.92 Å². The molecule has 0 aliphatic carbocycles. The summed E-state index contributed by atoms with van der Waals surface area (Å²) in [6, 6.07) is 0. The van der Waals surface area contributed by atoms with E-state index in [1.807, 2.05) is 0 Å². The van der Waals surface area contributed by atoms with E-state index < -0.39 is 0 Å². The first-order valence-corrected chi connectivity index (χ1v) is 17.1. The molecule has 0 saturated carbocycles. The van der Waals surface area contributed by atoms with Crippen molar-refractivity contribution >= 4 is 17.2 Å². The van der Waals surface area contributed by atoms with Gasteiger partial charge in [0.25, 0.3) is 0 Å². The monoisotopic (exact) mass is 525 g/mol. The maximum atomic E-state index is 9.09. The molecule has 0 saturated heterocycles. The van der Waals surface area contributed by atoms with Crippen LogP contribution in [0.15, 0.2) is 0 Å². The number of hydrogen-bond acceptors (Lipinski definition) is 2. The minimum atomic E-state index is 0.248. The fraction of sp³-hybridized carbons (Fsp3) is 0.970. The van der Waals surface area contributed by atoms with Gasteiger partial charge in [-0.1, -0.05) is 180 Å². The Morgan fingerprint density at radius 3 is 1.11 bits per heavy atom. The van der Waals surface area contributed by atoms with Crippen molar-refractivity contribution in [2.45, 2.75) is 187 Å². The van der Waals surface area contributed by atoms with Crippen molar-refractivity contribution in [2.24, 2.45) is 5.92 Å². The van der Waals surface area contributed by atoms with Gasteiger partial charge in [-0.05, 0) is 19.3 Å². The summed E-state index contributed by atoms with van der Waals surface area (Å²) in [5.74, 6) is 0.546. The van der Waals surface area contributed by atoms with Crippen LogP contribution in [0.3, 0.4) is 0 Å². The van der Waals surface area contributed by atoms with Gasteiger partial charge in [-0.3, -0.25) is 0 Å². The Labute approximate surface area is 233 Å². The van der Waals surface area contributed by atoms with Crippen LogP contribution in [0.25, 0.3) is 0 Å². The first kappa shape index (κ1) is 35.9. The summed E-state index contributed by atoms with van der Waals surface area (Å²) in [7, 11) is 0. The molecule has 36 heavy (non-hydrogen) atoms. The lowest BCUT2D eigenvalue weighted by atomic mass is 9.93. The highest BCUT2D eigenvalue weighted by atomic mass is 32.1. The molecular weight excluding hydrogens is 458 g/mol. The fourth-order valence-corrected chi connectivity index (χ4v) is 5.64. The molecule has 0 aliphatic heterocycles. The van der Waals surface area contributed by atoms with Gasteiger partial charge < -0.3 is 10.4 Å². The zero-order chi connectivity index (χ0) is 26.4. The molecule has 0 aliphatic rings. The van der Waals surface area contributed by atoms with Gasteiger partial charge >= 0.3 is 0 Å². The lowest BCUT2D eigenvalue weighted by molar-refractivity contribution is 0.289. The molecule has 2 N–H and O–H groups in total. The Morgan fingerprint density at radius 2 is 0.806 bits per heavy atom. The van der Waals surface area contributed by atoms with E-state index in [0.717, 1.165) is 18.0 Å². The van der Waals surface area contributed by atoms with E-state index in [1.54, 1.807) is 0 Å². The summed E-state index contributed by atoms with van der Waals surface area (Å²) >= 11 is 5.77. The summed E-state index contributed by atoms with van der Waals surface area (Å²) in [4.78, 5) is 1.06. The van der Waals surface area contributed by atoms with Crippen LogP contribution in [0.5, 0.6) is 0 Å². The van der Waals surface area contributed by atoms with Crippen molar-refractivity contribution in [1.29, 1.82) is 0 Å². The quantitative estimate of drug-likeness (QED) is 0.0722. The van der Waals surface area contributed by atoms with E-state index in [-0.39, 0.29) is 6.61 Å². The van der Waals surface area contributed by atoms with Crippen LogP contribution >= 0.6 is 12.2 Å². The summed E-state index contributed by atoms with van der Waals surface area (Å²) in [5, 5.41) is 12.5. The smallest absolute Gasteiger partial charge is 0.0784 e. The SMILES string of the molecule is CCCCCCCCCCCCCCC(CCCCCCCCCCCCCC)C(=S)NCCCO. The van der Waals surface area contributed by atoms with E-state index in [1.165, 1.54) is 167 Å². The van der Waals surface area contributed by atoms with Gasteiger partial charge in [0.15, 0.2) is 0 Å². The van der Waals surface area contributed by atoms with Crippen LogP contribution in [0.4, 0.5) is 0 Å². The molecule has 0 rings (SSSR count). The second kappa shape index (κ2) is 31.1. The number of aliphatic hydroxyl groups is 1. The van der Waals surface area contributed by atoms with Gasteiger partial charge in [-0.25, -0.2) is 0 Å². The molecule has 0 unspecified atom stereocenters. The topological polar surface area (TPSA) is 32.3 Å². The highest BCUT2D eigenvalue weighted by Crippen LogP contribution is 2.21. The molecule has 0 radical (unpaired) electrons. The predicted octanol–water partition coefficient (Wildman–Crippen LogP) is 11.1. The van der Waals surface area contributed by atoms with Gasteiger partial charge in [0.2, 0.25) is 0 Å². The van der Waals surface area contributed by atoms with E-state index in [9.17, 15) is 0 Å². The lowest BCUT2D eigenvalue weighted by Gasteiger charge is -2.19. The van der Waals surface area contributed by atoms with Crippen LogP contribution in [-0.4, -0.2) is 23.2 Å². The minimum Gasteiger partial charge on any atom is -0.396 e. The number of rotatable bonds is 30. The number of hydrogen-bond donors (Lipinski definition) is 2. The Bertz CT molecular complexity index is 400. The average Bonchev–Trinajstić information content (AvgIpc) is 2.88. The number of nitrogens with one attached hydrogen (secondary N) is 1. The first-order chi connectivity index (χ1) is 17.8. The Balaban J connectivity index is 3.82. The highest BCUT2D eigenvalue weighted by molar-refractivity contribution is 7.80. The minimum absolute atomic E-state index is 0.248. The molecule has 0 amide bonds. The summed E-state index contributed by atoms with van der Waals surface area (Å²) in [5.41, 5.74) is 0. The number of unbranched alkanes of at least 4 members (excludes halogenated alkanes) is 22. The summed E-state index contributed by atoms with van der Waals surface area (Å²) in [6.45, 7) is 5.66. The third-order valence-electron chi connectivity index (χ3n) is 7.82. The molecule has 0 atom stereocenters. The van der Waals surface area contributed by atoms with Crippen molar-refractivity contribution in [2.75, 3.05) is 13.2 Å². The second-order valence-electron chi connectivity index (χ2n) is 11.4. The van der Waals surface area contributed by atoms with Gasteiger partial charge in [0.1, 0.15) is 0 Å². The van der Waals surface area contributed by atoms with Crippen LogP contribution < -0.4 is 5.32 Å². The van der Waals surface area contributed by atoms with Crippen molar-refractivity contribution in [3.05, 3.63) is 0 Å². The van der Waals surface area contributed by atoms with Crippen LogP contribution in [0, 0.1) is 5.92 Å². The zero-order valence-electron chi connectivity index (χ0n) is 24.9. The Morgan fingerprint density at radius 1 is 0.500 bits per heavy atom. The highest BCUT2D eigenvalue weighted by Gasteiger charge is 2.14. The molecule has 0 aromatic rings. The standard InChI is InChI=1S/C33H67NOS/c1-3-5-7-9-11-13-15-17-19-21-23-25-28-32(33(36)34-30-27-31-35)29-26-24-22-20-18-16-14-12-10-8-6-4-2/h32,35H,3-31H2,1-2H3,(H,34,36). The molecular formula is C33H67NOS.